The number of hydrogen-bond acceptors (Lipinski definition) is 3. The minimum atomic E-state index is 0.492. The van der Waals surface area contributed by atoms with E-state index >= 15 is 0 Å². The van der Waals surface area contributed by atoms with E-state index in [2.05, 4.69) is 20.0 Å². The van der Waals surface area contributed by atoms with Crippen LogP contribution in [0.2, 0.25) is 0 Å². The first kappa shape index (κ1) is 14.0. The van der Waals surface area contributed by atoms with Crippen molar-refractivity contribution < 1.29 is 21.2 Å². The van der Waals surface area contributed by atoms with E-state index in [4.69, 9.17) is 0 Å². The molecule has 4 heteroatoms. The molecule has 0 aromatic carbocycles. The molecule has 0 aromatic rings. The second-order valence-corrected chi connectivity index (χ2v) is 7.90. The van der Waals surface area contributed by atoms with Crippen molar-refractivity contribution in [1.29, 1.82) is 0 Å². The van der Waals surface area contributed by atoms with Gasteiger partial charge < -0.3 is 0 Å². The fourth-order valence-electron chi connectivity index (χ4n) is 2.83. The SMILES string of the molecule is C[I-]CCN1CCN(CC2CCNCC2)CC1. The number of piperazine rings is 1. The van der Waals surface area contributed by atoms with Crippen molar-refractivity contribution in [3.8, 4) is 0 Å². The molecule has 0 saturated carbocycles. The topological polar surface area (TPSA) is 18.5 Å². The van der Waals surface area contributed by atoms with E-state index in [0.29, 0.717) is 21.2 Å². The van der Waals surface area contributed by atoms with Crippen LogP contribution >= 0.6 is 0 Å². The Morgan fingerprint density at radius 2 is 1.71 bits per heavy atom. The van der Waals surface area contributed by atoms with Gasteiger partial charge in [0.1, 0.15) is 0 Å². The molecule has 17 heavy (non-hydrogen) atoms. The van der Waals surface area contributed by atoms with Gasteiger partial charge in [-0.25, -0.2) is 0 Å². The number of piperidine rings is 1. The first-order chi connectivity index (χ1) is 8.38. The van der Waals surface area contributed by atoms with E-state index in [1.165, 1.54) is 69.6 Å². The summed E-state index contributed by atoms with van der Waals surface area (Å²) in [6.07, 6.45) is 2.78. The van der Waals surface area contributed by atoms with Gasteiger partial charge in [-0.15, -0.1) is 0 Å². The second kappa shape index (κ2) is 7.92. The van der Waals surface area contributed by atoms with Gasteiger partial charge in [0.2, 0.25) is 0 Å². The Morgan fingerprint density at radius 3 is 2.35 bits per heavy atom. The summed E-state index contributed by atoms with van der Waals surface area (Å²) >= 11 is 0.492. The third-order valence-corrected chi connectivity index (χ3v) is 5.59. The van der Waals surface area contributed by atoms with Gasteiger partial charge in [-0.3, -0.25) is 0 Å². The second-order valence-electron chi connectivity index (χ2n) is 5.29. The molecule has 2 aliphatic rings. The Bertz CT molecular complexity index is 199. The molecule has 0 bridgehead atoms. The zero-order valence-corrected chi connectivity index (χ0v) is 13.3. The van der Waals surface area contributed by atoms with Gasteiger partial charge in [0.15, 0.2) is 0 Å². The van der Waals surface area contributed by atoms with E-state index in [9.17, 15) is 0 Å². The molecule has 0 unspecified atom stereocenters. The van der Waals surface area contributed by atoms with Crippen LogP contribution in [0, 0.1) is 5.92 Å². The van der Waals surface area contributed by atoms with Gasteiger partial charge in [-0.2, -0.15) is 0 Å². The minimum absolute atomic E-state index is 0.492. The van der Waals surface area contributed by atoms with E-state index < -0.39 is 0 Å². The van der Waals surface area contributed by atoms with Gasteiger partial charge in [-0.05, 0) is 0 Å². The predicted molar refractivity (Wildman–Crippen MR) is 69.3 cm³/mol. The quantitative estimate of drug-likeness (QED) is 0.430. The normalized spacial score (nSPS) is 25.5. The number of alkyl halides is 2. The van der Waals surface area contributed by atoms with Crippen molar-refractivity contribution in [2.45, 2.75) is 12.8 Å². The van der Waals surface area contributed by atoms with Gasteiger partial charge in [0.25, 0.3) is 0 Å². The zero-order chi connectivity index (χ0) is 11.9. The summed E-state index contributed by atoms with van der Waals surface area (Å²) in [6, 6.07) is 0. The molecule has 102 valence electrons. The first-order valence-corrected chi connectivity index (χ1v) is 10.7. The molecule has 2 fully saturated rings. The molecule has 0 aliphatic carbocycles. The van der Waals surface area contributed by atoms with Crippen LogP contribution in [0.1, 0.15) is 12.8 Å². The molecule has 2 aliphatic heterocycles. The van der Waals surface area contributed by atoms with E-state index in [1.54, 1.807) is 0 Å². The van der Waals surface area contributed by atoms with Crippen molar-refractivity contribution in [2.75, 3.05) is 61.7 Å². The molecule has 0 aromatic heterocycles. The van der Waals surface area contributed by atoms with Crippen LogP contribution in [0.25, 0.3) is 0 Å². The summed E-state index contributed by atoms with van der Waals surface area (Å²) in [5, 5.41) is 3.46. The third kappa shape index (κ3) is 5.01. The number of hydrogen-bond donors (Lipinski definition) is 1. The summed E-state index contributed by atoms with van der Waals surface area (Å²) in [6.45, 7) is 10.5. The Kier molecular flexibility index (Phi) is 6.53. The summed E-state index contributed by atoms with van der Waals surface area (Å²) in [4.78, 5) is 7.77. The first-order valence-electron chi connectivity index (χ1n) is 6.97. The molecule has 1 N–H and O–H groups in total. The van der Waals surface area contributed by atoms with Gasteiger partial charge in [0.05, 0.1) is 0 Å². The maximum atomic E-state index is 3.46. The summed E-state index contributed by atoms with van der Waals surface area (Å²) in [7, 11) is 0. The Labute approximate surface area is 117 Å². The van der Waals surface area contributed by atoms with E-state index in [0.717, 1.165) is 5.92 Å². The molecule has 0 radical (unpaired) electrons. The molecule has 0 amide bonds. The molecule has 0 spiro atoms. The van der Waals surface area contributed by atoms with Crippen LogP contribution in [-0.4, -0.2) is 71.5 Å². The van der Waals surface area contributed by atoms with Crippen molar-refractivity contribution in [2.24, 2.45) is 5.92 Å². The summed E-state index contributed by atoms with van der Waals surface area (Å²) < 4.78 is 1.48. The monoisotopic (exact) mass is 352 g/mol. The standard InChI is InChI=1S/C13H27IN3/c1-14-4-7-16-8-10-17(11-9-16)12-13-2-5-15-6-3-13/h13,15H,2-12H2,1H3/q-1. The van der Waals surface area contributed by atoms with Crippen LogP contribution in [0.3, 0.4) is 0 Å². The number of halogens is 1. The average molecular weight is 352 g/mol. The van der Waals surface area contributed by atoms with Crippen LogP contribution in [0.15, 0.2) is 0 Å². The molecule has 2 heterocycles. The van der Waals surface area contributed by atoms with Crippen LogP contribution in [0.4, 0.5) is 0 Å². The Morgan fingerprint density at radius 1 is 1.06 bits per heavy atom. The van der Waals surface area contributed by atoms with E-state index in [-0.39, 0.29) is 0 Å². The molecule has 0 atom stereocenters. The number of rotatable bonds is 5. The van der Waals surface area contributed by atoms with Crippen LogP contribution in [-0.2, 0) is 0 Å². The number of nitrogens with one attached hydrogen (secondary N) is 1. The van der Waals surface area contributed by atoms with Gasteiger partial charge in [0, 0.05) is 0 Å². The van der Waals surface area contributed by atoms with Gasteiger partial charge in [-0.1, -0.05) is 0 Å². The van der Waals surface area contributed by atoms with E-state index in [1.807, 2.05) is 0 Å². The fourth-order valence-corrected chi connectivity index (χ4v) is 3.99. The van der Waals surface area contributed by atoms with Crippen molar-refractivity contribution in [3.05, 3.63) is 0 Å². The Hall–Kier alpha value is 0.610. The average Bonchev–Trinajstić information content (AvgIpc) is 2.39. The molecule has 3 nitrogen and oxygen atoms in total. The van der Waals surface area contributed by atoms with Gasteiger partial charge >= 0.3 is 117 Å². The Balaban J connectivity index is 1.61. The van der Waals surface area contributed by atoms with Crippen molar-refractivity contribution >= 4 is 0 Å². The summed E-state index contributed by atoms with van der Waals surface area (Å²) in [5.41, 5.74) is 0. The fraction of sp³-hybridized carbons (Fsp3) is 1.00. The number of nitrogens with zero attached hydrogens (tertiary/aromatic N) is 2. The van der Waals surface area contributed by atoms with Crippen molar-refractivity contribution in [1.82, 2.24) is 15.1 Å². The molecular formula is C13H27IN3-. The maximum absolute atomic E-state index is 3.46. The van der Waals surface area contributed by atoms with Crippen molar-refractivity contribution in [3.63, 3.8) is 0 Å². The molecule has 2 saturated heterocycles. The zero-order valence-electron chi connectivity index (χ0n) is 11.1. The predicted octanol–water partition coefficient (Wildman–Crippen LogP) is -2.68. The molecular weight excluding hydrogens is 325 g/mol. The third-order valence-electron chi connectivity index (χ3n) is 4.03. The summed E-state index contributed by atoms with van der Waals surface area (Å²) in [5.74, 6) is 0.962. The van der Waals surface area contributed by atoms with Crippen LogP contribution in [0.5, 0.6) is 0 Å². The van der Waals surface area contributed by atoms with Crippen LogP contribution < -0.4 is 26.5 Å². The molecule has 2 rings (SSSR count).